The van der Waals surface area contributed by atoms with Crippen LogP contribution in [0.4, 0.5) is 0 Å². The van der Waals surface area contributed by atoms with Crippen LogP contribution in [0.5, 0.6) is 0 Å². The number of carboxylic acids is 1. The highest BCUT2D eigenvalue weighted by molar-refractivity contribution is 5.80. The van der Waals surface area contributed by atoms with Gasteiger partial charge in [0.05, 0.1) is 0 Å². The Hall–Kier alpha value is -1.81. The second-order valence-corrected chi connectivity index (χ2v) is 4.89. The lowest BCUT2D eigenvalue weighted by atomic mass is 9.86. The van der Waals surface area contributed by atoms with Gasteiger partial charge in [-0.3, -0.25) is 4.79 Å². The van der Waals surface area contributed by atoms with Gasteiger partial charge < -0.3 is 15.4 Å². The van der Waals surface area contributed by atoms with Crippen LogP contribution in [0.25, 0.3) is 10.9 Å². The number of benzene rings is 1. The molecule has 2 unspecified atom stereocenters. The summed E-state index contributed by atoms with van der Waals surface area (Å²) in [5.41, 5.74) is 2.37. The third kappa shape index (κ3) is 1.99. The highest BCUT2D eigenvalue weighted by Crippen LogP contribution is 2.29. The van der Waals surface area contributed by atoms with Crippen molar-refractivity contribution in [2.45, 2.75) is 24.8 Å². The second kappa shape index (κ2) is 4.46. The van der Waals surface area contributed by atoms with Crippen LogP contribution in [-0.2, 0) is 4.79 Å². The Morgan fingerprint density at radius 3 is 3.06 bits per heavy atom. The van der Waals surface area contributed by atoms with E-state index in [1.807, 2.05) is 6.20 Å². The lowest BCUT2D eigenvalue weighted by molar-refractivity contribution is -0.140. The van der Waals surface area contributed by atoms with Crippen LogP contribution in [0, 0.1) is 0 Å². The number of hydrogen-bond acceptors (Lipinski definition) is 2. The molecule has 1 aliphatic heterocycles. The van der Waals surface area contributed by atoms with Crippen molar-refractivity contribution in [3.8, 4) is 0 Å². The van der Waals surface area contributed by atoms with E-state index in [-0.39, 0.29) is 0 Å². The van der Waals surface area contributed by atoms with Crippen LogP contribution in [0.3, 0.4) is 0 Å². The van der Waals surface area contributed by atoms with Crippen LogP contribution in [0.2, 0.25) is 0 Å². The second-order valence-electron chi connectivity index (χ2n) is 4.89. The zero-order valence-corrected chi connectivity index (χ0v) is 10.0. The first-order valence-electron chi connectivity index (χ1n) is 6.27. The molecular formula is C14H16N2O2. The Morgan fingerprint density at radius 2 is 2.22 bits per heavy atom. The molecule has 94 valence electrons. The van der Waals surface area contributed by atoms with Crippen molar-refractivity contribution in [1.29, 1.82) is 0 Å². The molecule has 2 atom stereocenters. The average Bonchev–Trinajstić information content (AvgIpc) is 2.86. The van der Waals surface area contributed by atoms with Gasteiger partial charge in [0.15, 0.2) is 0 Å². The van der Waals surface area contributed by atoms with E-state index in [4.69, 9.17) is 5.11 Å². The molecule has 18 heavy (non-hydrogen) atoms. The van der Waals surface area contributed by atoms with Gasteiger partial charge in [0.1, 0.15) is 6.04 Å². The van der Waals surface area contributed by atoms with Gasteiger partial charge in [-0.05, 0) is 54.5 Å². The van der Waals surface area contributed by atoms with E-state index in [1.54, 1.807) is 0 Å². The minimum Gasteiger partial charge on any atom is -0.480 e. The monoisotopic (exact) mass is 244 g/mol. The number of rotatable bonds is 2. The van der Waals surface area contributed by atoms with Gasteiger partial charge in [0.25, 0.3) is 0 Å². The highest BCUT2D eigenvalue weighted by Gasteiger charge is 2.27. The summed E-state index contributed by atoms with van der Waals surface area (Å²) in [5, 5.41) is 13.3. The van der Waals surface area contributed by atoms with Crippen molar-refractivity contribution in [3.63, 3.8) is 0 Å². The number of aromatic nitrogens is 1. The quantitative estimate of drug-likeness (QED) is 0.758. The van der Waals surface area contributed by atoms with Crippen molar-refractivity contribution in [2.75, 3.05) is 6.54 Å². The van der Waals surface area contributed by atoms with Gasteiger partial charge in [-0.1, -0.05) is 6.07 Å². The topological polar surface area (TPSA) is 65.1 Å². The van der Waals surface area contributed by atoms with Gasteiger partial charge >= 0.3 is 5.97 Å². The molecular weight excluding hydrogens is 228 g/mol. The molecule has 1 aliphatic rings. The number of carbonyl (C=O) groups is 1. The fourth-order valence-corrected chi connectivity index (χ4v) is 2.73. The summed E-state index contributed by atoms with van der Waals surface area (Å²) in [6, 6.07) is 7.98. The molecule has 2 heterocycles. The molecule has 0 bridgehead atoms. The number of aliphatic carboxylic acids is 1. The molecule has 3 N–H and O–H groups in total. The van der Waals surface area contributed by atoms with E-state index in [0.29, 0.717) is 12.3 Å². The van der Waals surface area contributed by atoms with Crippen LogP contribution in [-0.4, -0.2) is 28.6 Å². The molecule has 0 aliphatic carbocycles. The Bertz CT molecular complexity index is 576. The third-order valence-corrected chi connectivity index (χ3v) is 3.75. The first-order valence-corrected chi connectivity index (χ1v) is 6.27. The number of carboxylic acid groups (broad SMARTS) is 1. The fourth-order valence-electron chi connectivity index (χ4n) is 2.73. The Kier molecular flexibility index (Phi) is 2.80. The SMILES string of the molecule is O=C(O)C1CC(c2ccc3[nH]ccc3c2)CCN1. The molecule has 1 aromatic carbocycles. The van der Waals surface area contributed by atoms with E-state index in [0.717, 1.165) is 18.5 Å². The van der Waals surface area contributed by atoms with Crippen molar-refractivity contribution >= 4 is 16.9 Å². The summed E-state index contributed by atoms with van der Waals surface area (Å²) >= 11 is 0. The molecule has 0 radical (unpaired) electrons. The predicted molar refractivity (Wildman–Crippen MR) is 69.7 cm³/mol. The summed E-state index contributed by atoms with van der Waals surface area (Å²) in [5.74, 6) is -0.408. The molecule has 0 amide bonds. The van der Waals surface area contributed by atoms with E-state index in [1.165, 1.54) is 10.9 Å². The Balaban J connectivity index is 1.86. The highest BCUT2D eigenvalue weighted by atomic mass is 16.4. The smallest absolute Gasteiger partial charge is 0.320 e. The van der Waals surface area contributed by atoms with Crippen LogP contribution in [0.15, 0.2) is 30.5 Å². The number of nitrogens with one attached hydrogen (secondary N) is 2. The first kappa shape index (κ1) is 11.3. The van der Waals surface area contributed by atoms with Crippen molar-refractivity contribution in [3.05, 3.63) is 36.0 Å². The van der Waals surface area contributed by atoms with Gasteiger partial charge in [0.2, 0.25) is 0 Å². The van der Waals surface area contributed by atoms with E-state index in [2.05, 4.69) is 34.6 Å². The maximum atomic E-state index is 11.0. The molecule has 1 aromatic heterocycles. The van der Waals surface area contributed by atoms with Crippen molar-refractivity contribution in [2.24, 2.45) is 0 Å². The molecule has 4 nitrogen and oxygen atoms in total. The maximum absolute atomic E-state index is 11.0. The molecule has 0 spiro atoms. The molecule has 1 saturated heterocycles. The van der Waals surface area contributed by atoms with Crippen LogP contribution >= 0.6 is 0 Å². The lowest BCUT2D eigenvalue weighted by Crippen LogP contribution is -2.42. The predicted octanol–water partition coefficient (Wildman–Crippen LogP) is 2.09. The molecule has 3 rings (SSSR count). The number of piperidine rings is 1. The van der Waals surface area contributed by atoms with Gasteiger partial charge in [-0.25, -0.2) is 0 Å². The molecule has 2 aromatic rings. The summed E-state index contributed by atoms with van der Waals surface area (Å²) in [7, 11) is 0. The van der Waals surface area contributed by atoms with Crippen molar-refractivity contribution in [1.82, 2.24) is 10.3 Å². The van der Waals surface area contributed by atoms with Crippen LogP contribution < -0.4 is 5.32 Å². The number of H-pyrrole nitrogens is 1. The number of hydrogen-bond donors (Lipinski definition) is 3. The molecule has 1 fully saturated rings. The standard InChI is InChI=1S/C14H16N2O2/c17-14(18)13-8-10(3-5-16-13)9-1-2-12-11(7-9)4-6-15-12/h1-2,4,6-7,10,13,15-16H,3,5,8H2,(H,17,18). The lowest BCUT2D eigenvalue weighted by Gasteiger charge is -2.28. The maximum Gasteiger partial charge on any atom is 0.320 e. The number of aromatic amines is 1. The summed E-state index contributed by atoms with van der Waals surface area (Å²) < 4.78 is 0. The average molecular weight is 244 g/mol. The third-order valence-electron chi connectivity index (χ3n) is 3.75. The summed E-state index contributed by atoms with van der Waals surface area (Å²) in [4.78, 5) is 14.2. The van der Waals surface area contributed by atoms with E-state index < -0.39 is 12.0 Å². The molecule has 0 saturated carbocycles. The minimum atomic E-state index is -0.748. The van der Waals surface area contributed by atoms with Crippen LogP contribution in [0.1, 0.15) is 24.3 Å². The van der Waals surface area contributed by atoms with E-state index in [9.17, 15) is 4.79 Å². The Morgan fingerprint density at radius 1 is 1.33 bits per heavy atom. The van der Waals surface area contributed by atoms with Gasteiger partial charge in [0, 0.05) is 11.7 Å². The van der Waals surface area contributed by atoms with E-state index >= 15 is 0 Å². The zero-order chi connectivity index (χ0) is 12.5. The normalized spacial score (nSPS) is 24.2. The summed E-state index contributed by atoms with van der Waals surface area (Å²) in [6.45, 7) is 0.771. The van der Waals surface area contributed by atoms with Crippen molar-refractivity contribution < 1.29 is 9.90 Å². The first-order chi connectivity index (χ1) is 8.74. The Labute approximate surface area is 105 Å². The molecule has 4 heteroatoms. The minimum absolute atomic E-state index is 0.339. The zero-order valence-electron chi connectivity index (χ0n) is 10.0. The number of fused-ring (bicyclic) bond motifs is 1. The fraction of sp³-hybridized carbons (Fsp3) is 0.357. The van der Waals surface area contributed by atoms with Gasteiger partial charge in [-0.2, -0.15) is 0 Å². The summed E-state index contributed by atoms with van der Waals surface area (Å²) in [6.07, 6.45) is 3.60. The largest absolute Gasteiger partial charge is 0.480 e. The van der Waals surface area contributed by atoms with Gasteiger partial charge in [-0.15, -0.1) is 0 Å².